The van der Waals surface area contributed by atoms with E-state index in [1.807, 2.05) is 55.8 Å². The Kier molecular flexibility index (Phi) is 11.5. The van der Waals surface area contributed by atoms with Gasteiger partial charge in [0.15, 0.2) is 0 Å². The number of hydrogen-bond donors (Lipinski definition) is 2. The number of ether oxygens (including phenoxy) is 1. The van der Waals surface area contributed by atoms with Crippen molar-refractivity contribution < 1.29 is 19.4 Å². The normalized spacial score (nSPS) is 12.9. The SMILES string of the molecule is COC(c1ccc(C(=O)NC(CCSC)C(=O)O)c(-c2ccccc2C)c1)c1cnc(C(C)(C)C)s1.[LiH]. The molecule has 1 aromatic heterocycles. The van der Waals surface area contributed by atoms with Crippen LogP contribution in [0.2, 0.25) is 0 Å². The average Bonchev–Trinajstić information content (AvgIpc) is 3.33. The number of nitrogens with zero attached hydrogens (tertiary/aromatic N) is 1. The third-order valence-corrected chi connectivity index (χ3v) is 8.01. The summed E-state index contributed by atoms with van der Waals surface area (Å²) in [4.78, 5) is 30.7. The van der Waals surface area contributed by atoms with E-state index in [1.165, 1.54) is 0 Å². The summed E-state index contributed by atoms with van der Waals surface area (Å²) in [5, 5.41) is 13.4. The van der Waals surface area contributed by atoms with Crippen molar-refractivity contribution in [3.63, 3.8) is 0 Å². The number of benzene rings is 2. The van der Waals surface area contributed by atoms with Gasteiger partial charge in [-0.2, -0.15) is 11.8 Å². The van der Waals surface area contributed by atoms with Gasteiger partial charge in [-0.3, -0.25) is 4.79 Å². The van der Waals surface area contributed by atoms with E-state index in [1.54, 1.807) is 36.3 Å². The fraction of sp³-hybridized carbons (Fsp3) is 0.393. The predicted octanol–water partition coefficient (Wildman–Crippen LogP) is 5.44. The van der Waals surface area contributed by atoms with Gasteiger partial charge < -0.3 is 15.2 Å². The summed E-state index contributed by atoms with van der Waals surface area (Å²) in [5.41, 5.74) is 3.93. The Labute approximate surface area is 239 Å². The number of nitrogens with one attached hydrogen (secondary N) is 1. The van der Waals surface area contributed by atoms with Crippen LogP contribution in [-0.2, 0) is 14.9 Å². The summed E-state index contributed by atoms with van der Waals surface area (Å²) in [7, 11) is 1.67. The van der Waals surface area contributed by atoms with Crippen LogP contribution in [0.5, 0.6) is 0 Å². The van der Waals surface area contributed by atoms with Gasteiger partial charge in [0.25, 0.3) is 5.91 Å². The van der Waals surface area contributed by atoms with Crippen molar-refractivity contribution in [1.82, 2.24) is 10.3 Å². The number of thioether (sulfide) groups is 1. The Morgan fingerprint density at radius 3 is 2.43 bits per heavy atom. The van der Waals surface area contributed by atoms with Crippen LogP contribution in [0.3, 0.4) is 0 Å². The number of aliphatic carboxylic acids is 1. The van der Waals surface area contributed by atoms with Gasteiger partial charge in [0, 0.05) is 24.3 Å². The van der Waals surface area contributed by atoms with Crippen LogP contribution in [0, 0.1) is 6.92 Å². The molecular formula is C28H35LiN2O4S2. The number of aromatic nitrogens is 1. The number of carbonyl (C=O) groups excluding carboxylic acids is 1. The molecule has 2 N–H and O–H groups in total. The fourth-order valence-electron chi connectivity index (χ4n) is 3.92. The Morgan fingerprint density at radius 1 is 1.16 bits per heavy atom. The molecule has 2 atom stereocenters. The topological polar surface area (TPSA) is 88.5 Å². The quantitative estimate of drug-likeness (QED) is 0.337. The molecule has 194 valence electrons. The van der Waals surface area contributed by atoms with Gasteiger partial charge >= 0.3 is 24.8 Å². The summed E-state index contributed by atoms with van der Waals surface area (Å²) in [6.45, 7) is 8.38. The molecule has 9 heteroatoms. The van der Waals surface area contributed by atoms with Gasteiger partial charge in [0.2, 0.25) is 0 Å². The molecule has 0 aliphatic carbocycles. The predicted molar refractivity (Wildman–Crippen MR) is 155 cm³/mol. The molecule has 3 rings (SSSR count). The minimum atomic E-state index is -1.04. The van der Waals surface area contributed by atoms with E-state index in [9.17, 15) is 14.7 Å². The van der Waals surface area contributed by atoms with Gasteiger partial charge in [-0.05, 0) is 59.7 Å². The van der Waals surface area contributed by atoms with Crippen LogP contribution in [0.4, 0.5) is 0 Å². The van der Waals surface area contributed by atoms with Crippen LogP contribution in [0.1, 0.15) is 64.7 Å². The summed E-state index contributed by atoms with van der Waals surface area (Å²) in [6, 6.07) is 12.5. The van der Waals surface area contributed by atoms with Gasteiger partial charge in [0.05, 0.1) is 9.88 Å². The molecule has 0 spiro atoms. The van der Waals surface area contributed by atoms with Crippen molar-refractivity contribution in [3.8, 4) is 11.1 Å². The van der Waals surface area contributed by atoms with Crippen LogP contribution >= 0.6 is 23.1 Å². The minimum absolute atomic E-state index is 0. The zero-order valence-electron chi connectivity index (χ0n) is 21.6. The maximum absolute atomic E-state index is 13.3. The van der Waals surface area contributed by atoms with Crippen LogP contribution < -0.4 is 5.32 Å². The first-order valence-electron chi connectivity index (χ1n) is 11.8. The number of carbonyl (C=O) groups is 2. The number of amides is 1. The second-order valence-electron chi connectivity index (χ2n) is 9.70. The Hall–Kier alpha value is -2.08. The van der Waals surface area contributed by atoms with E-state index in [4.69, 9.17) is 4.74 Å². The number of rotatable bonds is 10. The zero-order valence-corrected chi connectivity index (χ0v) is 23.3. The molecule has 0 fully saturated rings. The van der Waals surface area contributed by atoms with E-state index < -0.39 is 17.9 Å². The van der Waals surface area contributed by atoms with Crippen LogP contribution in [0.15, 0.2) is 48.7 Å². The van der Waals surface area contributed by atoms with E-state index in [0.29, 0.717) is 17.7 Å². The molecule has 0 radical (unpaired) electrons. The number of carboxylic acids is 1. The molecule has 6 nitrogen and oxygen atoms in total. The molecular weight excluding hydrogens is 499 g/mol. The zero-order chi connectivity index (χ0) is 26.5. The molecule has 0 saturated heterocycles. The van der Waals surface area contributed by atoms with Crippen LogP contribution in [0.25, 0.3) is 11.1 Å². The van der Waals surface area contributed by atoms with Crippen molar-refractivity contribution in [2.24, 2.45) is 0 Å². The van der Waals surface area contributed by atoms with Gasteiger partial charge in [-0.25, -0.2) is 9.78 Å². The van der Waals surface area contributed by atoms with Crippen LogP contribution in [-0.4, -0.2) is 66.0 Å². The Balaban J connectivity index is 0.00000481. The Bertz CT molecular complexity index is 1220. The number of thiazole rings is 1. The van der Waals surface area contributed by atoms with E-state index >= 15 is 0 Å². The molecule has 37 heavy (non-hydrogen) atoms. The summed E-state index contributed by atoms with van der Waals surface area (Å²) in [6.07, 6.45) is 3.78. The Morgan fingerprint density at radius 2 is 1.86 bits per heavy atom. The number of carboxylic acid groups (broad SMARTS) is 1. The number of aryl methyl sites for hydroxylation is 1. The van der Waals surface area contributed by atoms with Crippen molar-refractivity contribution in [2.75, 3.05) is 19.1 Å². The standard InChI is InChI=1S/C28H34N2O4S2.Li.H/c1-17-9-7-8-10-19(17)21-15-18(24(34-5)23-16-29-27(36-23)28(2,3)4)11-12-20(21)25(31)30-22(26(32)33)13-14-35-6;;/h7-12,15-16,22,24H,13-14H2,1-6H3,(H,30,31)(H,32,33);;. The van der Waals surface area contributed by atoms with Crippen molar-refractivity contribution >= 4 is 53.8 Å². The van der Waals surface area contributed by atoms with E-state index in [2.05, 4.69) is 31.1 Å². The average molecular weight is 535 g/mol. The molecule has 1 heterocycles. The third kappa shape index (κ3) is 7.72. The molecule has 3 aromatic rings. The summed E-state index contributed by atoms with van der Waals surface area (Å²) in [5.74, 6) is -0.803. The molecule has 0 saturated carbocycles. The van der Waals surface area contributed by atoms with Gasteiger partial charge in [0.1, 0.15) is 12.1 Å². The molecule has 2 aromatic carbocycles. The third-order valence-electron chi connectivity index (χ3n) is 5.90. The molecule has 1 amide bonds. The molecule has 0 aliphatic heterocycles. The summed E-state index contributed by atoms with van der Waals surface area (Å²) >= 11 is 3.17. The first-order valence-corrected chi connectivity index (χ1v) is 14.0. The van der Waals surface area contributed by atoms with E-state index in [-0.39, 0.29) is 30.4 Å². The number of hydrogen-bond acceptors (Lipinski definition) is 6. The van der Waals surface area contributed by atoms with Gasteiger partial charge in [-0.15, -0.1) is 11.3 Å². The second-order valence-corrected chi connectivity index (χ2v) is 11.7. The first-order chi connectivity index (χ1) is 17.1. The van der Waals surface area contributed by atoms with Gasteiger partial charge in [-0.1, -0.05) is 51.1 Å². The molecule has 0 bridgehead atoms. The molecule has 0 aliphatic rings. The maximum atomic E-state index is 13.3. The fourth-order valence-corrected chi connectivity index (χ4v) is 5.47. The van der Waals surface area contributed by atoms with Crippen molar-refractivity contribution in [1.29, 1.82) is 0 Å². The number of methoxy groups -OCH3 is 1. The van der Waals surface area contributed by atoms with Crippen molar-refractivity contribution in [2.45, 2.75) is 51.7 Å². The van der Waals surface area contributed by atoms with Crippen molar-refractivity contribution in [3.05, 3.63) is 75.2 Å². The second kappa shape index (κ2) is 13.6. The molecule has 2 unspecified atom stereocenters. The first kappa shape index (κ1) is 31.1. The van der Waals surface area contributed by atoms with E-state index in [0.717, 1.165) is 32.1 Å². The summed E-state index contributed by atoms with van der Waals surface area (Å²) < 4.78 is 5.90. The monoisotopic (exact) mass is 534 g/mol.